The second-order valence-corrected chi connectivity index (χ2v) is 6.60. The van der Waals surface area contributed by atoms with Crippen molar-refractivity contribution >= 4 is 11.9 Å². The van der Waals surface area contributed by atoms with Gasteiger partial charge in [-0.05, 0) is 24.1 Å². The lowest BCUT2D eigenvalue weighted by Gasteiger charge is -2.18. The maximum absolute atomic E-state index is 12.1. The number of rotatable bonds is 13. The highest BCUT2D eigenvalue weighted by molar-refractivity contribution is 6.02. The van der Waals surface area contributed by atoms with Gasteiger partial charge >= 0.3 is 11.9 Å². The van der Waals surface area contributed by atoms with Gasteiger partial charge in [-0.2, -0.15) is 0 Å². The number of carbonyl (C=O) groups excluding carboxylic acids is 1. The fourth-order valence-corrected chi connectivity index (χ4v) is 2.77. The van der Waals surface area contributed by atoms with E-state index in [0.717, 1.165) is 19.3 Å². The van der Waals surface area contributed by atoms with E-state index in [2.05, 4.69) is 19.1 Å². The number of ether oxygens (including phenoxy) is 3. The van der Waals surface area contributed by atoms with Gasteiger partial charge in [0.05, 0.1) is 30.4 Å². The highest BCUT2D eigenvalue weighted by Crippen LogP contribution is 2.11. The summed E-state index contributed by atoms with van der Waals surface area (Å²) < 4.78 is 16.7. The van der Waals surface area contributed by atoms with Crippen LogP contribution in [-0.2, 0) is 20.6 Å². The molecule has 0 radical (unpaired) electrons. The number of hydrogen-bond acceptors (Lipinski definition) is 5. The monoisotopic (exact) mass is 400 g/mol. The molecule has 0 bridgehead atoms. The molecule has 1 N–H and O–H groups in total. The van der Waals surface area contributed by atoms with E-state index in [1.807, 2.05) is 18.2 Å². The minimum absolute atomic E-state index is 0.0323. The lowest BCUT2D eigenvalue weighted by atomic mass is 10.1. The molecule has 2 aromatic rings. The highest BCUT2D eigenvalue weighted by atomic mass is 16.6. The van der Waals surface area contributed by atoms with Gasteiger partial charge in [0.15, 0.2) is 0 Å². The van der Waals surface area contributed by atoms with E-state index in [9.17, 15) is 9.59 Å². The number of carbonyl (C=O) groups is 2. The topological polar surface area (TPSA) is 82.1 Å². The summed E-state index contributed by atoms with van der Waals surface area (Å²) in [6, 6.07) is 16.0. The standard InChI is InChI=1S/C23H28O6/c1-2-3-13-28-19(16-18-9-5-4-6-10-18)17-27-14-15-29-23(26)21-12-8-7-11-20(21)22(24)25/h4-12,19H,2-3,13-17H2,1H3,(H,24,25). The Morgan fingerprint density at radius 3 is 2.31 bits per heavy atom. The number of unbranched alkanes of at least 4 members (excludes halogenated alkanes) is 1. The van der Waals surface area contributed by atoms with Crippen LogP contribution in [0.5, 0.6) is 0 Å². The number of esters is 1. The van der Waals surface area contributed by atoms with E-state index in [4.69, 9.17) is 19.3 Å². The van der Waals surface area contributed by atoms with Gasteiger partial charge in [0.2, 0.25) is 0 Å². The van der Waals surface area contributed by atoms with Crippen molar-refractivity contribution in [3.8, 4) is 0 Å². The zero-order valence-corrected chi connectivity index (χ0v) is 16.7. The van der Waals surface area contributed by atoms with Crippen molar-refractivity contribution < 1.29 is 28.9 Å². The lowest BCUT2D eigenvalue weighted by molar-refractivity contribution is -0.0277. The van der Waals surface area contributed by atoms with E-state index in [1.54, 1.807) is 12.1 Å². The summed E-state index contributed by atoms with van der Waals surface area (Å²) in [5.41, 5.74) is 1.13. The van der Waals surface area contributed by atoms with Crippen molar-refractivity contribution in [3.63, 3.8) is 0 Å². The molecule has 0 aliphatic carbocycles. The molecule has 0 spiro atoms. The quantitative estimate of drug-likeness (QED) is 0.404. The molecule has 156 valence electrons. The normalized spacial score (nSPS) is 11.8. The summed E-state index contributed by atoms with van der Waals surface area (Å²) in [4.78, 5) is 23.3. The average Bonchev–Trinajstić information content (AvgIpc) is 2.74. The summed E-state index contributed by atoms with van der Waals surface area (Å²) in [6.45, 7) is 3.44. The summed E-state index contributed by atoms with van der Waals surface area (Å²) in [6.07, 6.45) is 2.72. The van der Waals surface area contributed by atoms with Gasteiger partial charge in [0.1, 0.15) is 6.61 Å². The summed E-state index contributed by atoms with van der Waals surface area (Å²) in [5, 5.41) is 9.15. The largest absolute Gasteiger partial charge is 0.478 e. The van der Waals surface area contributed by atoms with Gasteiger partial charge in [0, 0.05) is 13.0 Å². The molecule has 0 aromatic heterocycles. The second kappa shape index (κ2) is 12.7. The number of carboxylic acid groups (broad SMARTS) is 1. The zero-order valence-electron chi connectivity index (χ0n) is 16.7. The van der Waals surface area contributed by atoms with Crippen LogP contribution in [0.15, 0.2) is 54.6 Å². The van der Waals surface area contributed by atoms with Gasteiger partial charge in [-0.1, -0.05) is 55.8 Å². The van der Waals surface area contributed by atoms with Gasteiger partial charge in [0.25, 0.3) is 0 Å². The first kappa shape index (κ1) is 22.6. The van der Waals surface area contributed by atoms with Crippen molar-refractivity contribution in [2.45, 2.75) is 32.3 Å². The van der Waals surface area contributed by atoms with Crippen molar-refractivity contribution in [2.24, 2.45) is 0 Å². The smallest absolute Gasteiger partial charge is 0.339 e. The molecule has 1 atom stereocenters. The van der Waals surface area contributed by atoms with Crippen LogP contribution in [-0.4, -0.2) is 49.6 Å². The summed E-state index contributed by atoms with van der Waals surface area (Å²) in [7, 11) is 0. The molecule has 1 unspecified atom stereocenters. The molecular weight excluding hydrogens is 372 g/mol. The van der Waals surface area contributed by atoms with E-state index >= 15 is 0 Å². The van der Waals surface area contributed by atoms with Crippen LogP contribution >= 0.6 is 0 Å². The molecule has 0 amide bonds. The molecule has 6 nitrogen and oxygen atoms in total. The van der Waals surface area contributed by atoms with Crippen molar-refractivity contribution in [3.05, 3.63) is 71.3 Å². The highest BCUT2D eigenvalue weighted by Gasteiger charge is 2.17. The average molecular weight is 400 g/mol. The molecule has 2 rings (SSSR count). The maximum Gasteiger partial charge on any atom is 0.339 e. The first-order valence-corrected chi connectivity index (χ1v) is 9.84. The zero-order chi connectivity index (χ0) is 20.9. The lowest BCUT2D eigenvalue weighted by Crippen LogP contribution is -2.24. The molecule has 0 saturated carbocycles. The molecule has 2 aromatic carbocycles. The Labute approximate surface area is 171 Å². The Bertz CT molecular complexity index is 759. The van der Waals surface area contributed by atoms with E-state index < -0.39 is 11.9 Å². The number of carboxylic acids is 1. The number of aromatic carboxylic acids is 1. The SMILES string of the molecule is CCCCOC(COCCOC(=O)c1ccccc1C(=O)O)Cc1ccccc1. The van der Waals surface area contributed by atoms with Crippen molar-refractivity contribution in [1.29, 1.82) is 0 Å². The predicted molar refractivity (Wildman–Crippen MR) is 109 cm³/mol. The van der Waals surface area contributed by atoms with E-state index in [0.29, 0.717) is 13.2 Å². The minimum atomic E-state index is -1.17. The van der Waals surface area contributed by atoms with Crippen LogP contribution in [0.3, 0.4) is 0 Å². The molecular formula is C23H28O6. The van der Waals surface area contributed by atoms with Crippen LogP contribution in [0.2, 0.25) is 0 Å². The third-order valence-corrected chi connectivity index (χ3v) is 4.30. The molecule has 0 heterocycles. The number of benzene rings is 2. The molecule has 29 heavy (non-hydrogen) atoms. The summed E-state index contributed by atoms with van der Waals surface area (Å²) in [5.74, 6) is -1.84. The van der Waals surface area contributed by atoms with E-state index in [1.165, 1.54) is 17.7 Å². The van der Waals surface area contributed by atoms with Gasteiger partial charge in [-0.15, -0.1) is 0 Å². The Morgan fingerprint density at radius 2 is 1.62 bits per heavy atom. The maximum atomic E-state index is 12.1. The van der Waals surface area contributed by atoms with Crippen LogP contribution in [0.25, 0.3) is 0 Å². The Hall–Kier alpha value is -2.70. The first-order valence-electron chi connectivity index (χ1n) is 9.84. The molecule has 0 fully saturated rings. The van der Waals surface area contributed by atoms with Gasteiger partial charge < -0.3 is 19.3 Å². The Balaban J connectivity index is 1.77. The third kappa shape index (κ3) is 8.05. The van der Waals surface area contributed by atoms with Gasteiger partial charge in [-0.3, -0.25) is 0 Å². The van der Waals surface area contributed by atoms with Crippen LogP contribution < -0.4 is 0 Å². The van der Waals surface area contributed by atoms with Crippen LogP contribution in [0.4, 0.5) is 0 Å². The molecule has 0 aliphatic rings. The van der Waals surface area contributed by atoms with Crippen LogP contribution in [0, 0.1) is 0 Å². The second-order valence-electron chi connectivity index (χ2n) is 6.60. The minimum Gasteiger partial charge on any atom is -0.478 e. The summed E-state index contributed by atoms with van der Waals surface area (Å²) >= 11 is 0. The van der Waals surface area contributed by atoms with Gasteiger partial charge in [-0.25, -0.2) is 9.59 Å². The van der Waals surface area contributed by atoms with E-state index in [-0.39, 0.29) is 30.4 Å². The molecule has 0 saturated heterocycles. The van der Waals surface area contributed by atoms with Crippen molar-refractivity contribution in [2.75, 3.05) is 26.4 Å². The Kier molecular flexibility index (Phi) is 9.89. The fraction of sp³-hybridized carbons (Fsp3) is 0.391. The fourth-order valence-electron chi connectivity index (χ4n) is 2.77. The predicted octanol–water partition coefficient (Wildman–Crippen LogP) is 3.99. The van der Waals surface area contributed by atoms with Crippen LogP contribution in [0.1, 0.15) is 46.0 Å². The molecule has 6 heteroatoms. The third-order valence-electron chi connectivity index (χ3n) is 4.30. The molecule has 0 aliphatic heterocycles. The first-order chi connectivity index (χ1) is 14.1. The number of hydrogen-bond donors (Lipinski definition) is 1. The van der Waals surface area contributed by atoms with Crippen molar-refractivity contribution in [1.82, 2.24) is 0 Å². The Morgan fingerprint density at radius 1 is 0.931 bits per heavy atom.